The molecule has 0 bridgehead atoms. The normalized spacial score (nSPS) is 14.8. The first-order valence-corrected chi connectivity index (χ1v) is 3.76. The average Bonchev–Trinajstić information content (AvgIpc) is 2.25. The minimum absolute atomic E-state index is 0.0591. The van der Waals surface area contributed by atoms with Crippen molar-refractivity contribution in [1.29, 1.82) is 0 Å². The Morgan fingerprint density at radius 2 is 2.17 bits per heavy atom. The van der Waals surface area contributed by atoms with Crippen LogP contribution in [0.3, 0.4) is 0 Å². The molecule has 2 rings (SSSR count). The van der Waals surface area contributed by atoms with E-state index >= 15 is 0 Å². The van der Waals surface area contributed by atoms with Gasteiger partial charge in [-0.3, -0.25) is 4.79 Å². The summed E-state index contributed by atoms with van der Waals surface area (Å²) in [5.74, 6) is -0.0591. The summed E-state index contributed by atoms with van der Waals surface area (Å²) in [5.41, 5.74) is 4.46. The van der Waals surface area contributed by atoms with Crippen LogP contribution in [0.4, 0.5) is 0 Å². The van der Waals surface area contributed by atoms with Gasteiger partial charge in [0.2, 0.25) is 5.91 Å². The Balaban J connectivity index is 2.48. The molecule has 0 aromatic heterocycles. The third-order valence-corrected chi connectivity index (χ3v) is 1.80. The third-order valence-electron chi connectivity index (χ3n) is 1.80. The molecule has 0 fully saturated rings. The maximum Gasteiger partial charge on any atom is 0.244 e. The predicted octanol–water partition coefficient (Wildman–Crippen LogP) is 0.693. The molecule has 1 N–H and O–H groups in total. The fraction of sp³-hybridized carbons (Fsp3) is 0.111. The van der Waals surface area contributed by atoms with Crippen molar-refractivity contribution in [3.05, 3.63) is 35.4 Å². The first-order valence-electron chi connectivity index (χ1n) is 3.76. The quantitative estimate of drug-likeness (QED) is 0.596. The Morgan fingerprint density at radius 3 is 3.08 bits per heavy atom. The number of rotatable bonds is 0. The van der Waals surface area contributed by atoms with Crippen LogP contribution in [0.2, 0.25) is 0 Å². The molecule has 0 radical (unpaired) electrons. The van der Waals surface area contributed by atoms with E-state index in [0.29, 0.717) is 6.42 Å². The van der Waals surface area contributed by atoms with Crippen LogP contribution in [0.1, 0.15) is 11.1 Å². The highest BCUT2D eigenvalue weighted by Gasteiger charge is 2.08. The lowest BCUT2D eigenvalue weighted by molar-refractivity contribution is -0.120. The highest BCUT2D eigenvalue weighted by atomic mass is 16.2. The fourth-order valence-corrected chi connectivity index (χ4v) is 1.21. The van der Waals surface area contributed by atoms with Crippen molar-refractivity contribution < 1.29 is 4.79 Å². The number of carbonyl (C=O) groups excluding carboxylic acids is 1. The molecule has 1 aliphatic rings. The van der Waals surface area contributed by atoms with Gasteiger partial charge in [-0.15, -0.1) is 0 Å². The zero-order chi connectivity index (χ0) is 8.39. The molecule has 0 aliphatic carbocycles. The summed E-state index contributed by atoms with van der Waals surface area (Å²) in [7, 11) is 0. The molecule has 1 amide bonds. The Labute approximate surface area is 70.1 Å². The maximum absolute atomic E-state index is 11.0. The monoisotopic (exact) mass is 160 g/mol. The van der Waals surface area contributed by atoms with Crippen molar-refractivity contribution >= 4 is 12.1 Å². The summed E-state index contributed by atoms with van der Waals surface area (Å²) >= 11 is 0. The van der Waals surface area contributed by atoms with Gasteiger partial charge in [0.1, 0.15) is 0 Å². The second-order valence-corrected chi connectivity index (χ2v) is 2.67. The van der Waals surface area contributed by atoms with Crippen molar-refractivity contribution in [1.82, 2.24) is 5.43 Å². The largest absolute Gasteiger partial charge is 0.273 e. The molecule has 3 nitrogen and oxygen atoms in total. The number of hydrogen-bond donors (Lipinski definition) is 1. The summed E-state index contributed by atoms with van der Waals surface area (Å²) in [6, 6.07) is 7.73. The van der Waals surface area contributed by atoms with E-state index < -0.39 is 0 Å². The summed E-state index contributed by atoms with van der Waals surface area (Å²) in [6.45, 7) is 0. The van der Waals surface area contributed by atoms with Crippen molar-refractivity contribution in [2.75, 3.05) is 0 Å². The van der Waals surface area contributed by atoms with E-state index in [1.807, 2.05) is 24.3 Å². The highest BCUT2D eigenvalue weighted by molar-refractivity contribution is 5.89. The Kier molecular flexibility index (Phi) is 1.63. The lowest BCUT2D eigenvalue weighted by Gasteiger charge is -1.98. The minimum Gasteiger partial charge on any atom is -0.273 e. The molecule has 1 aromatic carbocycles. The Bertz CT molecular complexity index is 344. The Hall–Kier alpha value is -1.64. The maximum atomic E-state index is 11.0. The van der Waals surface area contributed by atoms with Crippen LogP contribution in [-0.4, -0.2) is 12.1 Å². The van der Waals surface area contributed by atoms with E-state index in [-0.39, 0.29) is 5.91 Å². The van der Waals surface area contributed by atoms with Gasteiger partial charge in [-0.05, 0) is 11.1 Å². The van der Waals surface area contributed by atoms with Gasteiger partial charge in [-0.2, -0.15) is 5.10 Å². The van der Waals surface area contributed by atoms with Crippen LogP contribution < -0.4 is 5.43 Å². The van der Waals surface area contributed by atoms with Crippen molar-refractivity contribution in [2.45, 2.75) is 6.42 Å². The van der Waals surface area contributed by atoms with Crippen LogP contribution in [-0.2, 0) is 11.2 Å². The van der Waals surface area contributed by atoms with Gasteiger partial charge in [0.25, 0.3) is 0 Å². The second kappa shape index (κ2) is 2.77. The smallest absolute Gasteiger partial charge is 0.244 e. The van der Waals surface area contributed by atoms with Gasteiger partial charge in [0.15, 0.2) is 0 Å². The first kappa shape index (κ1) is 7.03. The van der Waals surface area contributed by atoms with E-state index in [0.717, 1.165) is 11.1 Å². The van der Waals surface area contributed by atoms with E-state index in [1.165, 1.54) is 0 Å². The predicted molar refractivity (Wildman–Crippen MR) is 45.9 cm³/mol. The fourth-order valence-electron chi connectivity index (χ4n) is 1.21. The summed E-state index contributed by atoms with van der Waals surface area (Å²) < 4.78 is 0. The lowest BCUT2D eigenvalue weighted by atomic mass is 10.1. The molecule has 1 heterocycles. The second-order valence-electron chi connectivity index (χ2n) is 2.67. The Morgan fingerprint density at radius 1 is 1.33 bits per heavy atom. The average molecular weight is 160 g/mol. The number of nitrogens with zero attached hydrogens (tertiary/aromatic N) is 1. The molecule has 1 aromatic rings. The molecule has 3 heteroatoms. The van der Waals surface area contributed by atoms with E-state index in [4.69, 9.17) is 0 Å². The number of fused-ring (bicyclic) bond motifs is 1. The summed E-state index contributed by atoms with van der Waals surface area (Å²) in [4.78, 5) is 11.0. The number of hydrogen-bond acceptors (Lipinski definition) is 2. The number of amides is 1. The zero-order valence-electron chi connectivity index (χ0n) is 6.45. The van der Waals surface area contributed by atoms with Crippen molar-refractivity contribution in [3.8, 4) is 0 Å². The molecule has 12 heavy (non-hydrogen) atoms. The minimum atomic E-state index is -0.0591. The first-order chi connectivity index (χ1) is 5.86. The highest BCUT2D eigenvalue weighted by Crippen LogP contribution is 2.08. The molecule has 0 spiro atoms. The van der Waals surface area contributed by atoms with Crippen LogP contribution in [0.5, 0.6) is 0 Å². The molecule has 60 valence electrons. The lowest BCUT2D eigenvalue weighted by Crippen LogP contribution is -2.17. The number of hydrazone groups is 1. The van der Waals surface area contributed by atoms with Gasteiger partial charge in [0.05, 0.1) is 12.6 Å². The van der Waals surface area contributed by atoms with Crippen LogP contribution in [0.15, 0.2) is 29.4 Å². The molecule has 1 aliphatic heterocycles. The molecular weight excluding hydrogens is 152 g/mol. The van der Waals surface area contributed by atoms with Gasteiger partial charge in [-0.25, -0.2) is 5.43 Å². The molecular formula is C9H8N2O. The number of carbonyl (C=O) groups is 1. The van der Waals surface area contributed by atoms with Gasteiger partial charge < -0.3 is 0 Å². The van der Waals surface area contributed by atoms with E-state index in [9.17, 15) is 4.79 Å². The van der Waals surface area contributed by atoms with Gasteiger partial charge in [0, 0.05) is 0 Å². The number of benzene rings is 1. The topological polar surface area (TPSA) is 41.5 Å². The van der Waals surface area contributed by atoms with E-state index in [1.54, 1.807) is 6.21 Å². The molecule has 0 saturated carbocycles. The summed E-state index contributed by atoms with van der Waals surface area (Å²) in [5, 5.41) is 3.77. The standard InChI is InChI=1S/C9H8N2O/c12-9-5-7-3-1-2-4-8(7)6-10-11-9/h1-4,6H,5H2,(H,11,12). The van der Waals surface area contributed by atoms with Gasteiger partial charge in [-0.1, -0.05) is 24.3 Å². The van der Waals surface area contributed by atoms with Crippen molar-refractivity contribution in [3.63, 3.8) is 0 Å². The van der Waals surface area contributed by atoms with Crippen molar-refractivity contribution in [2.24, 2.45) is 5.10 Å². The molecule has 0 atom stereocenters. The van der Waals surface area contributed by atoms with Gasteiger partial charge >= 0.3 is 0 Å². The molecule has 0 saturated heterocycles. The SMILES string of the molecule is O=C1Cc2ccccc2C=NN1. The number of nitrogens with one attached hydrogen (secondary N) is 1. The summed E-state index contributed by atoms with van der Waals surface area (Å²) in [6.07, 6.45) is 2.08. The zero-order valence-corrected chi connectivity index (χ0v) is 6.45. The van der Waals surface area contributed by atoms with Crippen LogP contribution >= 0.6 is 0 Å². The van der Waals surface area contributed by atoms with E-state index in [2.05, 4.69) is 10.5 Å². The van der Waals surface area contributed by atoms with Crippen LogP contribution in [0, 0.1) is 0 Å². The molecule has 0 unspecified atom stereocenters. The van der Waals surface area contributed by atoms with Crippen LogP contribution in [0.25, 0.3) is 0 Å². The third kappa shape index (κ3) is 1.21.